The summed E-state index contributed by atoms with van der Waals surface area (Å²) in [5, 5.41) is 6.70. The molecule has 3 rings (SSSR count). The summed E-state index contributed by atoms with van der Waals surface area (Å²) in [6.07, 6.45) is 0. The molecule has 0 aliphatic carbocycles. The zero-order chi connectivity index (χ0) is 20.9. The highest BCUT2D eigenvalue weighted by Crippen LogP contribution is 2.24. The van der Waals surface area contributed by atoms with Crippen LogP contribution in [0, 0.1) is 0 Å². The van der Waals surface area contributed by atoms with E-state index < -0.39 is 0 Å². The first-order valence-corrected chi connectivity index (χ1v) is 9.61. The van der Waals surface area contributed by atoms with Gasteiger partial charge in [0.05, 0.1) is 12.2 Å². The molecule has 150 valence electrons. The maximum absolute atomic E-state index is 11.8. The van der Waals surface area contributed by atoms with E-state index in [1.807, 2.05) is 48.5 Å². The quantitative estimate of drug-likeness (QED) is 0.558. The minimum absolute atomic E-state index is 0.138. The third-order valence-electron chi connectivity index (χ3n) is 3.93. The number of carbonyl (C=O) groups excluding carboxylic acids is 1. The number of hydrogen-bond donors (Lipinski definition) is 2. The van der Waals surface area contributed by atoms with E-state index in [-0.39, 0.29) is 11.5 Å². The maximum atomic E-state index is 11.8. The summed E-state index contributed by atoms with van der Waals surface area (Å²) in [7, 11) is 0. The number of esters is 1. The summed E-state index contributed by atoms with van der Waals surface area (Å²) in [5.74, 6) is 1.70. The molecule has 6 nitrogen and oxygen atoms in total. The summed E-state index contributed by atoms with van der Waals surface area (Å²) >= 11 is 0. The largest absolute Gasteiger partial charge is 0.462 e. The molecule has 0 spiro atoms. The van der Waals surface area contributed by atoms with Crippen molar-refractivity contribution in [3.05, 3.63) is 66.2 Å². The number of nitrogens with one attached hydrogen (secondary N) is 2. The van der Waals surface area contributed by atoms with E-state index in [0.717, 1.165) is 17.1 Å². The summed E-state index contributed by atoms with van der Waals surface area (Å²) < 4.78 is 5.02. The monoisotopic (exact) mass is 390 g/mol. The number of rotatable bonds is 6. The second-order valence-electron chi connectivity index (χ2n) is 7.63. The standard InChI is InChI=1S/C23H26N4O2/c1-5-29-22(28)17-11-13-18(14-12-17)24-19-15-20(27-23(2,3)4)26-21(25-19)16-9-7-6-8-10-16/h6-15H,5H2,1-4H3,(H2,24,25,26,27). The minimum Gasteiger partial charge on any atom is -0.462 e. The summed E-state index contributed by atoms with van der Waals surface area (Å²) in [5.41, 5.74) is 2.13. The van der Waals surface area contributed by atoms with E-state index in [4.69, 9.17) is 4.74 Å². The first kappa shape index (κ1) is 20.3. The Morgan fingerprint density at radius 2 is 1.62 bits per heavy atom. The van der Waals surface area contributed by atoms with Gasteiger partial charge in [0.25, 0.3) is 0 Å². The van der Waals surface area contributed by atoms with Crippen molar-refractivity contribution < 1.29 is 9.53 Å². The Labute approximate surface area is 171 Å². The Hall–Kier alpha value is -3.41. The van der Waals surface area contributed by atoms with Crippen molar-refractivity contribution in [2.75, 3.05) is 17.2 Å². The fraction of sp³-hybridized carbons (Fsp3) is 0.261. The molecule has 0 aliphatic rings. The lowest BCUT2D eigenvalue weighted by molar-refractivity contribution is 0.0526. The lowest BCUT2D eigenvalue weighted by Crippen LogP contribution is -2.26. The molecule has 0 bridgehead atoms. The van der Waals surface area contributed by atoms with Crippen molar-refractivity contribution >= 4 is 23.3 Å². The molecule has 1 heterocycles. The average Bonchev–Trinajstić information content (AvgIpc) is 2.68. The number of carbonyl (C=O) groups is 1. The topological polar surface area (TPSA) is 76.1 Å². The molecule has 0 fully saturated rings. The molecule has 6 heteroatoms. The van der Waals surface area contributed by atoms with Crippen molar-refractivity contribution in [3.8, 4) is 11.4 Å². The fourth-order valence-corrected chi connectivity index (χ4v) is 2.73. The maximum Gasteiger partial charge on any atom is 0.338 e. The van der Waals surface area contributed by atoms with Gasteiger partial charge in [-0.3, -0.25) is 0 Å². The molecule has 0 unspecified atom stereocenters. The van der Waals surface area contributed by atoms with Gasteiger partial charge in [-0.2, -0.15) is 0 Å². The number of benzene rings is 2. The molecule has 2 N–H and O–H groups in total. The van der Waals surface area contributed by atoms with E-state index in [0.29, 0.717) is 23.8 Å². The molecule has 0 saturated heterocycles. The highest BCUT2D eigenvalue weighted by Gasteiger charge is 2.14. The van der Waals surface area contributed by atoms with Gasteiger partial charge in [-0.15, -0.1) is 0 Å². The molecule has 2 aromatic carbocycles. The zero-order valence-corrected chi connectivity index (χ0v) is 17.2. The average molecular weight is 390 g/mol. The zero-order valence-electron chi connectivity index (χ0n) is 17.2. The van der Waals surface area contributed by atoms with Gasteiger partial charge in [-0.1, -0.05) is 30.3 Å². The number of nitrogens with zero attached hydrogens (tertiary/aromatic N) is 2. The van der Waals surface area contributed by atoms with Gasteiger partial charge < -0.3 is 15.4 Å². The van der Waals surface area contributed by atoms with Crippen LogP contribution in [0.3, 0.4) is 0 Å². The molecule has 0 radical (unpaired) electrons. The van der Waals surface area contributed by atoms with Crippen LogP contribution in [0.4, 0.5) is 17.3 Å². The van der Waals surface area contributed by atoms with Gasteiger partial charge in [0.15, 0.2) is 5.82 Å². The van der Waals surface area contributed by atoms with E-state index in [2.05, 4.69) is 41.4 Å². The van der Waals surface area contributed by atoms with Crippen molar-refractivity contribution in [2.45, 2.75) is 33.2 Å². The van der Waals surface area contributed by atoms with Crippen LogP contribution in [0.1, 0.15) is 38.1 Å². The lowest BCUT2D eigenvalue weighted by atomic mass is 10.1. The van der Waals surface area contributed by atoms with E-state index in [9.17, 15) is 4.79 Å². The molecule has 0 atom stereocenters. The van der Waals surface area contributed by atoms with Crippen LogP contribution < -0.4 is 10.6 Å². The Bertz CT molecular complexity index is 964. The van der Waals surface area contributed by atoms with Crippen LogP contribution in [0.2, 0.25) is 0 Å². The third kappa shape index (κ3) is 5.78. The lowest BCUT2D eigenvalue weighted by Gasteiger charge is -2.22. The highest BCUT2D eigenvalue weighted by molar-refractivity contribution is 5.89. The van der Waals surface area contributed by atoms with Crippen molar-refractivity contribution in [1.82, 2.24) is 9.97 Å². The molecule has 0 saturated carbocycles. The fourth-order valence-electron chi connectivity index (χ4n) is 2.73. The van der Waals surface area contributed by atoms with Crippen molar-refractivity contribution in [1.29, 1.82) is 0 Å². The van der Waals surface area contributed by atoms with Crippen LogP contribution in [0.15, 0.2) is 60.7 Å². The van der Waals surface area contributed by atoms with Crippen LogP contribution >= 0.6 is 0 Å². The molecule has 3 aromatic rings. The number of anilines is 3. The van der Waals surface area contributed by atoms with Crippen LogP contribution in [0.25, 0.3) is 11.4 Å². The van der Waals surface area contributed by atoms with Crippen LogP contribution in [-0.4, -0.2) is 28.1 Å². The molecule has 0 aliphatic heterocycles. The van der Waals surface area contributed by atoms with Gasteiger partial charge in [0.1, 0.15) is 11.6 Å². The molecular formula is C23H26N4O2. The Morgan fingerprint density at radius 3 is 2.24 bits per heavy atom. The van der Waals surface area contributed by atoms with Gasteiger partial charge in [-0.25, -0.2) is 14.8 Å². The van der Waals surface area contributed by atoms with E-state index in [1.165, 1.54) is 0 Å². The second kappa shape index (κ2) is 8.73. The number of ether oxygens (including phenoxy) is 1. The first-order chi connectivity index (χ1) is 13.8. The van der Waals surface area contributed by atoms with Crippen molar-refractivity contribution in [3.63, 3.8) is 0 Å². The smallest absolute Gasteiger partial charge is 0.338 e. The van der Waals surface area contributed by atoms with E-state index >= 15 is 0 Å². The van der Waals surface area contributed by atoms with Gasteiger partial charge in [-0.05, 0) is 52.0 Å². The van der Waals surface area contributed by atoms with Gasteiger partial charge in [0, 0.05) is 22.9 Å². The third-order valence-corrected chi connectivity index (χ3v) is 3.93. The number of hydrogen-bond acceptors (Lipinski definition) is 6. The normalized spacial score (nSPS) is 11.0. The number of aromatic nitrogens is 2. The summed E-state index contributed by atoms with van der Waals surface area (Å²) in [6.45, 7) is 8.39. The minimum atomic E-state index is -0.330. The summed E-state index contributed by atoms with van der Waals surface area (Å²) in [4.78, 5) is 21.1. The first-order valence-electron chi connectivity index (χ1n) is 9.61. The molecule has 29 heavy (non-hydrogen) atoms. The SMILES string of the molecule is CCOC(=O)c1ccc(Nc2cc(NC(C)(C)C)nc(-c3ccccc3)n2)cc1. The molecule has 0 amide bonds. The molecule has 1 aromatic heterocycles. The Morgan fingerprint density at radius 1 is 0.966 bits per heavy atom. The van der Waals surface area contributed by atoms with Crippen molar-refractivity contribution in [2.24, 2.45) is 0 Å². The van der Waals surface area contributed by atoms with Crippen LogP contribution in [0.5, 0.6) is 0 Å². The second-order valence-corrected chi connectivity index (χ2v) is 7.63. The van der Waals surface area contributed by atoms with Gasteiger partial charge in [0.2, 0.25) is 0 Å². The predicted octanol–water partition coefficient (Wildman–Crippen LogP) is 5.27. The highest BCUT2D eigenvalue weighted by atomic mass is 16.5. The van der Waals surface area contributed by atoms with Crippen LogP contribution in [-0.2, 0) is 4.74 Å². The Kier molecular flexibility index (Phi) is 6.12. The predicted molar refractivity (Wildman–Crippen MR) is 117 cm³/mol. The Balaban J connectivity index is 1.89. The molecular weight excluding hydrogens is 364 g/mol. The van der Waals surface area contributed by atoms with Gasteiger partial charge >= 0.3 is 5.97 Å². The summed E-state index contributed by atoms with van der Waals surface area (Å²) in [6, 6.07) is 18.8. The van der Waals surface area contributed by atoms with E-state index in [1.54, 1.807) is 19.1 Å².